The lowest BCUT2D eigenvalue weighted by atomic mass is 9.81. The van der Waals surface area contributed by atoms with Crippen LogP contribution in [-0.4, -0.2) is 81.2 Å². The van der Waals surface area contributed by atoms with E-state index in [1.807, 2.05) is 103 Å². The number of benzene rings is 2. The maximum Gasteiger partial charge on any atom is 0.404 e. The molecule has 16 heteroatoms. The number of methoxy groups -OCH3 is 1. The minimum atomic E-state index is -2.20. The van der Waals surface area contributed by atoms with Gasteiger partial charge in [-0.25, -0.2) is 19.2 Å². The largest absolute Gasteiger partial charge is 0.445 e. The van der Waals surface area contributed by atoms with E-state index in [0.717, 1.165) is 46.7 Å². The van der Waals surface area contributed by atoms with Crippen LogP contribution < -0.4 is 22.7 Å². The normalized spacial score (nSPS) is 18.4. The van der Waals surface area contributed by atoms with E-state index in [0.29, 0.717) is 17.6 Å². The van der Waals surface area contributed by atoms with Gasteiger partial charge < -0.3 is 53.9 Å². The average molecular weight is 1270 g/mol. The van der Waals surface area contributed by atoms with Crippen molar-refractivity contribution in [1.29, 1.82) is 0 Å². The molecule has 0 aliphatic heterocycles. The number of fused-ring (bicyclic) bond motifs is 2. The maximum absolute atomic E-state index is 12.1. The Balaban J connectivity index is 0.000000482. The second-order valence-electron chi connectivity index (χ2n) is 26.9. The van der Waals surface area contributed by atoms with Crippen molar-refractivity contribution in [2.45, 2.75) is 198 Å². The van der Waals surface area contributed by atoms with Crippen LogP contribution in [0.3, 0.4) is 0 Å². The Morgan fingerprint density at radius 3 is 1.44 bits per heavy atom. The van der Waals surface area contributed by atoms with Crippen LogP contribution in [-0.2, 0) is 23.4 Å². The van der Waals surface area contributed by atoms with Crippen LogP contribution in [0.1, 0.15) is 155 Å². The van der Waals surface area contributed by atoms with E-state index in [-0.39, 0.29) is 94.5 Å². The number of allylic oxidation sites excluding steroid dienone is 4. The molecule has 90 heavy (non-hydrogen) atoms. The Morgan fingerprint density at radius 2 is 1.00 bits per heavy atom. The number of amides is 2. The Bertz CT molecular complexity index is 3170. The number of ether oxygens (including phenoxy) is 4. The van der Waals surface area contributed by atoms with Crippen molar-refractivity contribution in [3.8, 4) is 0 Å². The van der Waals surface area contributed by atoms with E-state index in [2.05, 4.69) is 119 Å². The van der Waals surface area contributed by atoms with Crippen molar-refractivity contribution in [2.75, 3.05) is 13.9 Å². The topological polar surface area (TPSA) is 233 Å². The van der Waals surface area contributed by atoms with Gasteiger partial charge in [-0.3, -0.25) is 0 Å². The number of carbonyl (C=O) groups excluding carboxylic acids is 2. The molecule has 0 radical (unpaired) electrons. The second kappa shape index (κ2) is 37.4. The predicted molar refractivity (Wildman–Crippen MR) is 370 cm³/mol. The van der Waals surface area contributed by atoms with Crippen molar-refractivity contribution in [2.24, 2.45) is 70.6 Å². The van der Waals surface area contributed by atoms with E-state index < -0.39 is 44.9 Å². The van der Waals surface area contributed by atoms with Gasteiger partial charge in [-0.05, 0) is 117 Å². The third kappa shape index (κ3) is 25.2. The summed E-state index contributed by atoms with van der Waals surface area (Å²) in [7, 11) is -0.560. The highest BCUT2D eigenvalue weighted by Crippen LogP contribution is 2.42. The minimum Gasteiger partial charge on any atom is -0.445 e. The first kappa shape index (κ1) is 78.1. The molecule has 6 N–H and O–H groups in total. The molecule has 0 aliphatic carbocycles. The fourth-order valence-corrected chi connectivity index (χ4v) is 13.2. The number of carbonyl (C=O) groups is 2. The molecule has 2 amide bonds. The Morgan fingerprint density at radius 1 is 0.567 bits per heavy atom. The number of primary amides is 2. The van der Waals surface area contributed by atoms with Gasteiger partial charge in [0.2, 0.25) is 0 Å². The third-order valence-electron chi connectivity index (χ3n) is 17.7. The summed E-state index contributed by atoms with van der Waals surface area (Å²) in [4.78, 5) is 46.6. The summed E-state index contributed by atoms with van der Waals surface area (Å²) in [6.07, 6.45) is 19.8. The van der Waals surface area contributed by atoms with Crippen LogP contribution in [0.2, 0.25) is 18.1 Å². The van der Waals surface area contributed by atoms with Crippen LogP contribution in [0.5, 0.6) is 0 Å². The third-order valence-corrected chi connectivity index (χ3v) is 22.2. The number of nitrogens with two attached hydrogens (primary N) is 2. The standard InChI is InChI=1S/C41H65NO7Si.C33H47NO6/c1-14-15-16-28(3)38(48-40(42)44)32(7)39(49-50(12,13)41(8,9)10)31(6)24-27(2)23-30(5)37(46-26-45-11)29(4)17-18-33-19-21-35-34(25-33)20-22-36(43)47-35;1-8-9-10-22(4)32(40-33(34)38)25(7)31(37)24(6)18-20(2)17-23(5)30(36)21(3)11-12-26-13-15-28-27(19-26)14-16-29(35)39-28/h15-23,25,28-32,37-39H,14,24,26H2,1-13H3,(H2,42,44);9-17,19,21-25,30-32,36-37H,8,18H2,1-7H3,(H2,34,38)/b16-15-,18-17-,27-23-;10-9-,12-11-,20-17-/t28?,29?,30-,31-,32+,37-,38-,39+;21?,22?,23-,24-,25-,30-,31+,32-/m00/s1. The molecule has 2 aromatic carbocycles. The predicted octanol–water partition coefficient (Wildman–Crippen LogP) is 16.6. The SMILES string of the molecule is CC/C=C\C(C)[C@H](OC(N)=O)[C@@H](C)[C@H](O)[C@@H](C)C/C(C)=C\[C@H](C)[C@@H](O)C(C)/C=C\c1ccc2oc(=O)ccc2c1.CC/C=C\C(C)[C@H](OC(N)=O)[C@@H](C)[C@H](O[Si](C)(C)C(C)(C)C)[C@@H](C)C/C(C)=C\[C@H](C)[C@@H](OCOC)C(C)/C=C\c1ccc2oc(=O)ccc2c1. The molecule has 0 saturated heterocycles. The smallest absolute Gasteiger partial charge is 0.404 e. The first-order valence-electron chi connectivity index (χ1n) is 32.3. The Kier molecular flexibility index (Phi) is 32.4. The lowest BCUT2D eigenvalue weighted by Gasteiger charge is -2.44. The Labute approximate surface area is 539 Å². The molecule has 0 aliphatic rings. The van der Waals surface area contributed by atoms with E-state index in [1.54, 1.807) is 25.3 Å². The van der Waals surface area contributed by atoms with Crippen LogP contribution in [0.15, 0.2) is 139 Å². The zero-order valence-electron chi connectivity index (χ0n) is 57.9. The van der Waals surface area contributed by atoms with Crippen LogP contribution in [0, 0.1) is 59.2 Å². The van der Waals surface area contributed by atoms with E-state index >= 15 is 0 Å². The summed E-state index contributed by atoms with van der Waals surface area (Å²) in [5.41, 5.74) is 15.6. The highest BCUT2D eigenvalue weighted by Gasteiger charge is 2.44. The maximum atomic E-state index is 12.1. The van der Waals surface area contributed by atoms with Gasteiger partial charge in [0.15, 0.2) is 8.32 Å². The van der Waals surface area contributed by atoms with Gasteiger partial charge in [0, 0.05) is 77.4 Å². The summed E-state index contributed by atoms with van der Waals surface area (Å²) in [5, 5.41) is 23.8. The molecule has 0 bridgehead atoms. The van der Waals surface area contributed by atoms with Gasteiger partial charge in [0.05, 0.1) is 24.4 Å². The fourth-order valence-electron chi connectivity index (χ4n) is 11.8. The Hall–Kier alpha value is -6.14. The average Bonchev–Trinajstić information content (AvgIpc) is 1.41. The molecule has 4 unspecified atom stereocenters. The molecule has 0 spiro atoms. The van der Waals surface area contributed by atoms with E-state index in [4.69, 9.17) is 43.7 Å². The van der Waals surface area contributed by atoms with Crippen molar-refractivity contribution in [3.05, 3.63) is 152 Å². The number of rotatable bonds is 33. The molecule has 2 aromatic heterocycles. The highest BCUT2D eigenvalue weighted by molar-refractivity contribution is 6.74. The van der Waals surface area contributed by atoms with Crippen LogP contribution >= 0.6 is 0 Å². The van der Waals surface area contributed by atoms with E-state index in [1.165, 1.54) is 17.7 Å². The number of hydrogen-bond acceptors (Lipinski definition) is 13. The first-order chi connectivity index (χ1) is 42.1. The molecule has 4 aromatic rings. The number of hydrogen-bond donors (Lipinski definition) is 4. The van der Waals surface area contributed by atoms with Crippen molar-refractivity contribution in [1.82, 2.24) is 0 Å². The fraction of sp³-hybridized carbons (Fsp3) is 0.568. The first-order valence-corrected chi connectivity index (χ1v) is 35.2. The lowest BCUT2D eigenvalue weighted by molar-refractivity contribution is -0.0947. The zero-order valence-corrected chi connectivity index (χ0v) is 58.9. The van der Waals surface area contributed by atoms with Gasteiger partial charge in [-0.15, -0.1) is 0 Å². The summed E-state index contributed by atoms with van der Waals surface area (Å²) in [5.74, 6) is -0.503. The second-order valence-corrected chi connectivity index (χ2v) is 31.7. The summed E-state index contributed by atoms with van der Waals surface area (Å²) >= 11 is 0. The molecule has 4 rings (SSSR count). The van der Waals surface area contributed by atoms with Crippen LogP contribution in [0.25, 0.3) is 34.1 Å². The quantitative estimate of drug-likeness (QED) is 0.0151. The number of aliphatic hydroxyl groups is 2. The van der Waals surface area contributed by atoms with Gasteiger partial charge in [-0.2, -0.15) is 0 Å². The van der Waals surface area contributed by atoms with Gasteiger partial charge in [-0.1, -0.05) is 188 Å². The molecule has 15 nitrogen and oxygen atoms in total. The van der Waals surface area contributed by atoms with E-state index in [9.17, 15) is 29.4 Å². The van der Waals surface area contributed by atoms with Gasteiger partial charge >= 0.3 is 23.4 Å². The zero-order chi connectivity index (χ0) is 67.8. The summed E-state index contributed by atoms with van der Waals surface area (Å²) < 4.78 is 40.4. The van der Waals surface area contributed by atoms with Gasteiger partial charge in [0.25, 0.3) is 0 Å². The summed E-state index contributed by atoms with van der Waals surface area (Å²) in [6, 6.07) is 17.7. The van der Waals surface area contributed by atoms with Crippen molar-refractivity contribution >= 4 is 54.6 Å². The number of aliphatic hydroxyl groups excluding tert-OH is 2. The summed E-state index contributed by atoms with van der Waals surface area (Å²) in [6.45, 7) is 40.3. The highest BCUT2D eigenvalue weighted by atomic mass is 28.4. The molecule has 16 atom stereocenters. The molecule has 500 valence electrons. The lowest BCUT2D eigenvalue weighted by Crippen LogP contribution is -2.50. The van der Waals surface area contributed by atoms with Crippen molar-refractivity contribution in [3.63, 3.8) is 0 Å². The monoisotopic (exact) mass is 1260 g/mol. The molecular weight excluding hydrogens is 1150 g/mol. The van der Waals surface area contributed by atoms with Crippen molar-refractivity contribution < 1.29 is 52.0 Å². The molecular formula is C74H112N2O13Si. The molecule has 2 heterocycles. The van der Waals surface area contributed by atoms with Gasteiger partial charge in [0.1, 0.15) is 30.2 Å². The van der Waals surface area contributed by atoms with Crippen LogP contribution in [0.4, 0.5) is 9.59 Å². The molecule has 0 fully saturated rings. The molecule has 0 saturated carbocycles. The minimum absolute atomic E-state index is 0.00997.